The summed E-state index contributed by atoms with van der Waals surface area (Å²) in [6, 6.07) is 2.92. The van der Waals surface area contributed by atoms with Crippen molar-refractivity contribution < 1.29 is 19.0 Å². The van der Waals surface area contributed by atoms with E-state index in [1.54, 1.807) is 22.6 Å². The van der Waals surface area contributed by atoms with E-state index in [0.29, 0.717) is 43.4 Å². The molecule has 1 amide bonds. The van der Waals surface area contributed by atoms with Crippen LogP contribution in [0, 0.1) is 5.82 Å². The number of H-pyrrole nitrogens is 1. The van der Waals surface area contributed by atoms with E-state index in [0.717, 1.165) is 6.20 Å². The van der Waals surface area contributed by atoms with Gasteiger partial charge in [0, 0.05) is 13.6 Å². The minimum absolute atomic E-state index is 0.162. The Hall–Kier alpha value is -2.39. The predicted molar refractivity (Wildman–Crippen MR) is 88.6 cm³/mol. The number of aliphatic hydroxyl groups is 1. The fourth-order valence-corrected chi connectivity index (χ4v) is 2.64. The number of rotatable bonds is 5. The quantitative estimate of drug-likeness (QED) is 0.839. The minimum Gasteiger partial charge on any atom is -0.393 e. The van der Waals surface area contributed by atoms with E-state index in [1.807, 2.05) is 11.9 Å². The van der Waals surface area contributed by atoms with Crippen molar-refractivity contribution in [3.05, 3.63) is 35.5 Å². The third kappa shape index (κ3) is 3.83. The molecule has 0 aromatic carbocycles. The summed E-state index contributed by atoms with van der Waals surface area (Å²) in [7, 11) is 1.83. The van der Waals surface area contributed by atoms with E-state index < -0.39 is 11.9 Å². The SMILES string of the molecule is CC(O)CCN1COCN(C)c2[nH]n(Cc3ccc(F)cn3)c2C1=O. The highest BCUT2D eigenvalue weighted by Gasteiger charge is 2.30. The molecule has 136 valence electrons. The minimum atomic E-state index is -0.492. The second-order valence-electron chi connectivity index (χ2n) is 6.23. The molecule has 25 heavy (non-hydrogen) atoms. The zero-order valence-corrected chi connectivity index (χ0v) is 14.3. The molecule has 9 heteroatoms. The Morgan fingerprint density at radius 1 is 1.44 bits per heavy atom. The number of fused-ring (bicyclic) bond motifs is 1. The van der Waals surface area contributed by atoms with E-state index in [-0.39, 0.29) is 12.6 Å². The molecule has 0 fully saturated rings. The number of carbonyl (C=O) groups is 1. The lowest BCUT2D eigenvalue weighted by molar-refractivity contribution is 0.0158. The van der Waals surface area contributed by atoms with Crippen LogP contribution in [0.5, 0.6) is 0 Å². The average Bonchev–Trinajstić information content (AvgIpc) is 2.54. The Bertz CT molecular complexity index is 725. The van der Waals surface area contributed by atoms with Gasteiger partial charge in [-0.05, 0) is 25.5 Å². The van der Waals surface area contributed by atoms with E-state index in [4.69, 9.17) is 4.74 Å². The summed E-state index contributed by atoms with van der Waals surface area (Å²) in [5, 5.41) is 12.6. The molecule has 0 bridgehead atoms. The van der Waals surface area contributed by atoms with Crippen LogP contribution in [0.3, 0.4) is 0 Å². The fourth-order valence-electron chi connectivity index (χ4n) is 2.64. The van der Waals surface area contributed by atoms with Crippen molar-refractivity contribution in [1.29, 1.82) is 0 Å². The second-order valence-corrected chi connectivity index (χ2v) is 6.23. The van der Waals surface area contributed by atoms with Crippen molar-refractivity contribution >= 4 is 11.7 Å². The highest BCUT2D eigenvalue weighted by Crippen LogP contribution is 2.25. The van der Waals surface area contributed by atoms with E-state index in [1.165, 1.54) is 6.07 Å². The molecule has 0 saturated carbocycles. The van der Waals surface area contributed by atoms with Crippen LogP contribution in [0.15, 0.2) is 18.3 Å². The van der Waals surface area contributed by atoms with Crippen LogP contribution in [-0.4, -0.2) is 63.8 Å². The largest absolute Gasteiger partial charge is 0.393 e. The van der Waals surface area contributed by atoms with Gasteiger partial charge in [-0.1, -0.05) is 0 Å². The first-order valence-electron chi connectivity index (χ1n) is 8.11. The first-order valence-corrected chi connectivity index (χ1v) is 8.11. The fraction of sp³-hybridized carbons (Fsp3) is 0.500. The number of pyridine rings is 1. The molecule has 0 radical (unpaired) electrons. The number of nitrogens with one attached hydrogen (secondary N) is 1. The van der Waals surface area contributed by atoms with Gasteiger partial charge < -0.3 is 19.6 Å². The molecule has 1 atom stereocenters. The van der Waals surface area contributed by atoms with Crippen LogP contribution in [0.4, 0.5) is 10.2 Å². The molecule has 2 aromatic rings. The van der Waals surface area contributed by atoms with Gasteiger partial charge in [-0.2, -0.15) is 0 Å². The van der Waals surface area contributed by atoms with Crippen LogP contribution in [0.25, 0.3) is 0 Å². The molecular formula is C16H22FN5O3. The summed E-state index contributed by atoms with van der Waals surface area (Å²) < 4.78 is 20.2. The molecule has 3 rings (SSSR count). The third-order valence-electron chi connectivity index (χ3n) is 4.06. The maximum absolute atomic E-state index is 13.0. The number of anilines is 1. The summed E-state index contributed by atoms with van der Waals surface area (Å²) in [6.45, 7) is 2.93. The summed E-state index contributed by atoms with van der Waals surface area (Å²) in [5.41, 5.74) is 1.16. The van der Waals surface area contributed by atoms with Gasteiger partial charge in [-0.3, -0.25) is 19.6 Å². The number of ether oxygens (including phenoxy) is 1. The van der Waals surface area contributed by atoms with Crippen LogP contribution in [-0.2, 0) is 11.3 Å². The first-order chi connectivity index (χ1) is 12.0. The summed E-state index contributed by atoms with van der Waals surface area (Å²) in [5.74, 6) is 0.0976. The number of hydrogen-bond acceptors (Lipinski definition) is 5. The van der Waals surface area contributed by atoms with Crippen LogP contribution in [0.1, 0.15) is 29.5 Å². The van der Waals surface area contributed by atoms with E-state index in [9.17, 15) is 14.3 Å². The molecular weight excluding hydrogens is 329 g/mol. The van der Waals surface area contributed by atoms with Crippen molar-refractivity contribution in [2.24, 2.45) is 0 Å². The summed E-state index contributed by atoms with van der Waals surface area (Å²) in [6.07, 6.45) is 1.13. The monoisotopic (exact) mass is 351 g/mol. The number of aromatic nitrogens is 3. The molecule has 0 aliphatic carbocycles. The van der Waals surface area contributed by atoms with E-state index in [2.05, 4.69) is 10.1 Å². The number of aliphatic hydroxyl groups excluding tert-OH is 1. The average molecular weight is 351 g/mol. The number of halogens is 1. The first kappa shape index (κ1) is 17.4. The summed E-state index contributed by atoms with van der Waals surface area (Å²) >= 11 is 0. The standard InChI is InChI=1S/C16H22FN5O3/c1-11(23)5-6-21-10-25-9-20(2)15-14(16(21)24)22(19-15)8-13-4-3-12(17)7-18-13/h3-4,7,11,19,23H,5-6,8-10H2,1-2H3. The number of hydrogen-bond donors (Lipinski definition) is 2. The lowest BCUT2D eigenvalue weighted by Gasteiger charge is -2.35. The summed E-state index contributed by atoms with van der Waals surface area (Å²) in [4.78, 5) is 20.3. The molecule has 1 unspecified atom stereocenters. The van der Waals surface area contributed by atoms with Gasteiger partial charge in [0.15, 0.2) is 11.5 Å². The van der Waals surface area contributed by atoms with E-state index >= 15 is 0 Å². The number of carbonyl (C=O) groups excluding carboxylic acids is 1. The highest BCUT2D eigenvalue weighted by molar-refractivity contribution is 5.98. The topological polar surface area (TPSA) is 86.6 Å². The molecule has 2 N–H and O–H groups in total. The van der Waals surface area contributed by atoms with Crippen molar-refractivity contribution in [3.8, 4) is 0 Å². The Balaban J connectivity index is 1.82. The van der Waals surface area contributed by atoms with Crippen molar-refractivity contribution in [3.63, 3.8) is 0 Å². The number of aromatic amines is 1. The normalized spacial score (nSPS) is 16.6. The smallest absolute Gasteiger partial charge is 0.277 e. The van der Waals surface area contributed by atoms with Crippen molar-refractivity contribution in [1.82, 2.24) is 19.7 Å². The zero-order valence-electron chi connectivity index (χ0n) is 14.3. The molecule has 0 spiro atoms. The van der Waals surface area contributed by atoms with Gasteiger partial charge in [0.25, 0.3) is 5.91 Å². The van der Waals surface area contributed by atoms with Gasteiger partial charge in [-0.15, -0.1) is 0 Å². The number of nitrogens with zero attached hydrogens (tertiary/aromatic N) is 4. The Morgan fingerprint density at radius 3 is 2.92 bits per heavy atom. The second kappa shape index (κ2) is 7.24. The maximum atomic E-state index is 13.0. The molecule has 1 aliphatic heterocycles. The van der Waals surface area contributed by atoms with Gasteiger partial charge in [0.1, 0.15) is 19.3 Å². The predicted octanol–water partition coefficient (Wildman–Crippen LogP) is 0.993. The Labute approximate surface area is 144 Å². The van der Waals surface area contributed by atoms with Crippen LogP contribution < -0.4 is 4.90 Å². The van der Waals surface area contributed by atoms with Crippen molar-refractivity contribution in [2.45, 2.75) is 26.0 Å². The lowest BCUT2D eigenvalue weighted by Crippen LogP contribution is -2.44. The third-order valence-corrected chi connectivity index (χ3v) is 4.06. The Morgan fingerprint density at radius 2 is 2.24 bits per heavy atom. The highest BCUT2D eigenvalue weighted by atomic mass is 19.1. The molecule has 1 aliphatic rings. The number of amides is 1. The Kier molecular flexibility index (Phi) is 5.05. The zero-order chi connectivity index (χ0) is 18.0. The van der Waals surface area contributed by atoms with Gasteiger partial charge in [0.2, 0.25) is 0 Å². The molecule has 2 aromatic heterocycles. The van der Waals surface area contributed by atoms with Gasteiger partial charge in [-0.25, -0.2) is 4.39 Å². The molecule has 0 saturated heterocycles. The lowest BCUT2D eigenvalue weighted by atomic mass is 10.2. The van der Waals surface area contributed by atoms with Crippen LogP contribution in [0.2, 0.25) is 0 Å². The molecule has 3 heterocycles. The maximum Gasteiger partial charge on any atom is 0.277 e. The van der Waals surface area contributed by atoms with Gasteiger partial charge in [0.05, 0.1) is 24.5 Å². The molecule has 8 nitrogen and oxygen atoms in total. The van der Waals surface area contributed by atoms with Crippen LogP contribution >= 0.6 is 0 Å². The van der Waals surface area contributed by atoms with Crippen molar-refractivity contribution in [2.75, 3.05) is 32.0 Å². The van der Waals surface area contributed by atoms with Gasteiger partial charge >= 0.3 is 0 Å².